The van der Waals surface area contributed by atoms with Gasteiger partial charge in [-0.3, -0.25) is 0 Å². The number of aromatic amines is 1. The molecule has 0 bridgehead atoms. The SMILES string of the molecule is C[S+]([O-])c1cc(-c2nc3cncnc3[nH]2)cc2ccccc12. The van der Waals surface area contributed by atoms with Crippen molar-refractivity contribution in [2.24, 2.45) is 0 Å². The van der Waals surface area contributed by atoms with Gasteiger partial charge in [0.1, 0.15) is 23.9 Å². The van der Waals surface area contributed by atoms with E-state index in [4.69, 9.17) is 0 Å². The molecule has 0 amide bonds. The molecule has 108 valence electrons. The average molecular weight is 308 g/mol. The predicted octanol–water partition coefficient (Wildman–Crippen LogP) is 2.91. The maximum absolute atomic E-state index is 12.1. The van der Waals surface area contributed by atoms with Crippen molar-refractivity contribution in [3.8, 4) is 11.4 Å². The van der Waals surface area contributed by atoms with Gasteiger partial charge in [0.25, 0.3) is 0 Å². The summed E-state index contributed by atoms with van der Waals surface area (Å²) in [4.78, 5) is 16.6. The molecule has 1 N–H and O–H groups in total. The summed E-state index contributed by atoms with van der Waals surface area (Å²) < 4.78 is 12.1. The highest BCUT2D eigenvalue weighted by Crippen LogP contribution is 2.29. The Morgan fingerprint density at radius 2 is 2.05 bits per heavy atom. The summed E-state index contributed by atoms with van der Waals surface area (Å²) in [5, 5.41) is 2.04. The van der Waals surface area contributed by atoms with Crippen molar-refractivity contribution in [3.05, 3.63) is 48.9 Å². The Labute approximate surface area is 129 Å². The molecule has 1 atom stereocenters. The minimum atomic E-state index is -1.07. The van der Waals surface area contributed by atoms with Crippen molar-refractivity contribution >= 4 is 33.1 Å². The summed E-state index contributed by atoms with van der Waals surface area (Å²) in [5.41, 5.74) is 2.30. The number of fused-ring (bicyclic) bond motifs is 2. The first kappa shape index (κ1) is 13.2. The number of H-pyrrole nitrogens is 1. The van der Waals surface area contributed by atoms with E-state index in [1.807, 2.05) is 36.4 Å². The molecule has 0 fully saturated rings. The Hall–Kier alpha value is -2.44. The second kappa shape index (κ2) is 5.08. The van der Waals surface area contributed by atoms with Crippen LogP contribution < -0.4 is 0 Å². The lowest BCUT2D eigenvalue weighted by Gasteiger charge is -2.10. The molecule has 6 heteroatoms. The molecule has 1 unspecified atom stereocenters. The molecule has 5 nitrogen and oxygen atoms in total. The number of nitrogens with one attached hydrogen (secondary N) is 1. The molecule has 0 saturated carbocycles. The summed E-state index contributed by atoms with van der Waals surface area (Å²) in [6, 6.07) is 11.9. The number of nitrogens with zero attached hydrogens (tertiary/aromatic N) is 3. The Bertz CT molecular complexity index is 947. The van der Waals surface area contributed by atoms with Gasteiger partial charge >= 0.3 is 0 Å². The van der Waals surface area contributed by atoms with Crippen molar-refractivity contribution in [1.29, 1.82) is 0 Å². The first-order valence-electron chi connectivity index (χ1n) is 6.75. The van der Waals surface area contributed by atoms with Crippen LogP contribution in [-0.4, -0.2) is 30.7 Å². The molecular formula is C16H12N4OS. The van der Waals surface area contributed by atoms with E-state index >= 15 is 0 Å². The van der Waals surface area contributed by atoms with Crippen molar-refractivity contribution < 1.29 is 4.55 Å². The van der Waals surface area contributed by atoms with Crippen molar-refractivity contribution in [3.63, 3.8) is 0 Å². The van der Waals surface area contributed by atoms with E-state index in [9.17, 15) is 4.55 Å². The van der Waals surface area contributed by atoms with Crippen LogP contribution in [0.4, 0.5) is 0 Å². The van der Waals surface area contributed by atoms with Gasteiger partial charge in [-0.2, -0.15) is 0 Å². The zero-order valence-electron chi connectivity index (χ0n) is 11.8. The molecule has 0 radical (unpaired) electrons. The predicted molar refractivity (Wildman–Crippen MR) is 87.0 cm³/mol. The minimum absolute atomic E-state index is 0.692. The number of aromatic nitrogens is 4. The lowest BCUT2D eigenvalue weighted by molar-refractivity contribution is 0.601. The normalized spacial score (nSPS) is 12.8. The van der Waals surface area contributed by atoms with Crippen LogP contribution in [0, 0.1) is 0 Å². The highest BCUT2D eigenvalue weighted by Gasteiger charge is 2.15. The lowest BCUT2D eigenvalue weighted by Crippen LogP contribution is -1.99. The second-order valence-corrected chi connectivity index (χ2v) is 6.34. The Morgan fingerprint density at radius 1 is 1.18 bits per heavy atom. The summed E-state index contributed by atoms with van der Waals surface area (Å²) in [5.74, 6) is 0.702. The molecule has 0 saturated heterocycles. The van der Waals surface area contributed by atoms with Crippen LogP contribution in [0.3, 0.4) is 0 Å². The molecule has 0 aliphatic heterocycles. The van der Waals surface area contributed by atoms with Gasteiger partial charge in [-0.25, -0.2) is 15.0 Å². The van der Waals surface area contributed by atoms with Gasteiger partial charge in [0.2, 0.25) is 0 Å². The van der Waals surface area contributed by atoms with Crippen LogP contribution in [0.1, 0.15) is 0 Å². The number of benzene rings is 2. The molecule has 0 aliphatic rings. The van der Waals surface area contributed by atoms with Crippen LogP contribution in [0.5, 0.6) is 0 Å². The Morgan fingerprint density at radius 3 is 2.86 bits per heavy atom. The van der Waals surface area contributed by atoms with Crippen LogP contribution in [0.2, 0.25) is 0 Å². The third-order valence-corrected chi connectivity index (χ3v) is 4.53. The van der Waals surface area contributed by atoms with Crippen molar-refractivity contribution in [2.75, 3.05) is 6.26 Å². The van der Waals surface area contributed by atoms with Crippen LogP contribution in [0.25, 0.3) is 33.3 Å². The number of hydrogen-bond donors (Lipinski definition) is 1. The quantitative estimate of drug-likeness (QED) is 0.578. The second-order valence-electron chi connectivity index (χ2n) is 4.99. The summed E-state index contributed by atoms with van der Waals surface area (Å²) in [6.45, 7) is 0. The first-order chi connectivity index (χ1) is 10.7. The van der Waals surface area contributed by atoms with E-state index in [2.05, 4.69) is 19.9 Å². The summed E-state index contributed by atoms with van der Waals surface area (Å²) >= 11 is -1.07. The molecule has 2 heterocycles. The standard InChI is InChI=1S/C16H12N4OS/c1-22(21)14-7-11(6-10-4-2-3-5-12(10)14)15-19-13-8-17-9-18-16(13)20-15/h2-9H,1H3,(H,17,18,19,20). The van der Waals surface area contributed by atoms with Crippen LogP contribution >= 0.6 is 0 Å². The maximum atomic E-state index is 12.1. The van der Waals surface area contributed by atoms with E-state index < -0.39 is 11.2 Å². The molecule has 22 heavy (non-hydrogen) atoms. The van der Waals surface area contributed by atoms with Gasteiger partial charge in [0.05, 0.1) is 6.20 Å². The molecule has 4 aromatic rings. The highest BCUT2D eigenvalue weighted by molar-refractivity contribution is 7.91. The smallest absolute Gasteiger partial charge is 0.161 e. The van der Waals surface area contributed by atoms with Crippen LogP contribution in [0.15, 0.2) is 53.8 Å². The molecular weight excluding hydrogens is 296 g/mol. The number of imidazole rings is 1. The fourth-order valence-corrected chi connectivity index (χ4v) is 3.34. The first-order valence-corrected chi connectivity index (χ1v) is 8.30. The molecule has 0 aliphatic carbocycles. The lowest BCUT2D eigenvalue weighted by atomic mass is 10.1. The Balaban J connectivity index is 1.98. The highest BCUT2D eigenvalue weighted by atomic mass is 32.2. The van der Waals surface area contributed by atoms with Gasteiger partial charge in [-0.1, -0.05) is 18.2 Å². The van der Waals surface area contributed by atoms with Crippen molar-refractivity contribution in [1.82, 2.24) is 19.9 Å². The zero-order chi connectivity index (χ0) is 15.1. The van der Waals surface area contributed by atoms with Gasteiger partial charge in [0.15, 0.2) is 10.5 Å². The van der Waals surface area contributed by atoms with Gasteiger partial charge in [-0.05, 0) is 28.7 Å². The minimum Gasteiger partial charge on any atom is -0.612 e. The summed E-state index contributed by atoms with van der Waals surface area (Å²) in [6.07, 6.45) is 4.84. The summed E-state index contributed by atoms with van der Waals surface area (Å²) in [7, 11) is 0. The largest absolute Gasteiger partial charge is 0.612 e. The van der Waals surface area contributed by atoms with Gasteiger partial charge in [0, 0.05) is 17.0 Å². The number of hydrogen-bond acceptors (Lipinski definition) is 4. The molecule has 0 spiro atoms. The fourth-order valence-electron chi connectivity index (χ4n) is 2.55. The van der Waals surface area contributed by atoms with E-state index in [-0.39, 0.29) is 0 Å². The van der Waals surface area contributed by atoms with Crippen LogP contribution in [-0.2, 0) is 11.2 Å². The van der Waals surface area contributed by atoms with E-state index in [1.54, 1.807) is 12.5 Å². The van der Waals surface area contributed by atoms with E-state index in [0.29, 0.717) is 17.0 Å². The maximum Gasteiger partial charge on any atom is 0.161 e. The third kappa shape index (κ3) is 2.13. The van der Waals surface area contributed by atoms with E-state index in [0.717, 1.165) is 21.2 Å². The Kier molecular flexibility index (Phi) is 3.06. The molecule has 2 aromatic heterocycles. The topological polar surface area (TPSA) is 77.5 Å². The van der Waals surface area contributed by atoms with Gasteiger partial charge in [-0.15, -0.1) is 0 Å². The number of rotatable bonds is 2. The molecule has 2 aromatic carbocycles. The third-order valence-electron chi connectivity index (χ3n) is 3.57. The van der Waals surface area contributed by atoms with Gasteiger partial charge < -0.3 is 9.54 Å². The monoisotopic (exact) mass is 308 g/mol. The molecule has 4 rings (SSSR count). The van der Waals surface area contributed by atoms with E-state index in [1.165, 1.54) is 6.33 Å². The zero-order valence-corrected chi connectivity index (χ0v) is 12.6. The average Bonchev–Trinajstić information content (AvgIpc) is 2.97. The van der Waals surface area contributed by atoms with Crippen molar-refractivity contribution in [2.45, 2.75) is 4.90 Å². The fraction of sp³-hybridized carbons (Fsp3) is 0.0625.